The molecular formula is C9H19NO3S. The van der Waals surface area contributed by atoms with Crippen LogP contribution in [0, 0.1) is 5.92 Å². The molecular weight excluding hydrogens is 202 g/mol. The topological polar surface area (TPSA) is 80.4 Å². The van der Waals surface area contributed by atoms with Crippen LogP contribution in [0.4, 0.5) is 0 Å². The molecule has 3 N–H and O–H groups in total. The minimum atomic E-state index is -3.32. The highest BCUT2D eigenvalue weighted by atomic mass is 32.2. The fourth-order valence-corrected chi connectivity index (χ4v) is 3.73. The Morgan fingerprint density at radius 3 is 2.36 bits per heavy atom. The molecule has 1 aliphatic carbocycles. The van der Waals surface area contributed by atoms with Crippen molar-refractivity contribution >= 4 is 9.84 Å². The Bertz CT molecular complexity index is 268. The highest BCUT2D eigenvalue weighted by Gasteiger charge is 2.30. The normalized spacial score (nSPS) is 23.6. The molecule has 1 fully saturated rings. The first-order valence-electron chi connectivity index (χ1n) is 5.08. The van der Waals surface area contributed by atoms with Crippen molar-refractivity contribution in [3.63, 3.8) is 0 Å². The molecule has 0 bridgehead atoms. The second-order valence-electron chi connectivity index (χ2n) is 4.19. The lowest BCUT2D eigenvalue weighted by Gasteiger charge is -2.17. The van der Waals surface area contributed by atoms with Gasteiger partial charge in [-0.1, -0.05) is 12.8 Å². The zero-order valence-electron chi connectivity index (χ0n) is 8.52. The summed E-state index contributed by atoms with van der Waals surface area (Å²) < 4.78 is 23.3. The molecule has 1 rings (SSSR count). The van der Waals surface area contributed by atoms with E-state index in [1.807, 2.05) is 0 Å². The Morgan fingerprint density at radius 2 is 1.93 bits per heavy atom. The van der Waals surface area contributed by atoms with Gasteiger partial charge in [-0.3, -0.25) is 0 Å². The second-order valence-corrected chi connectivity index (χ2v) is 6.39. The molecule has 14 heavy (non-hydrogen) atoms. The first-order valence-corrected chi connectivity index (χ1v) is 6.80. The molecule has 0 saturated heterocycles. The average Bonchev–Trinajstić information content (AvgIpc) is 2.54. The zero-order valence-corrected chi connectivity index (χ0v) is 9.33. The van der Waals surface area contributed by atoms with E-state index >= 15 is 0 Å². The van der Waals surface area contributed by atoms with Gasteiger partial charge in [-0.05, 0) is 25.7 Å². The van der Waals surface area contributed by atoms with Crippen molar-refractivity contribution < 1.29 is 13.5 Å². The molecule has 0 aliphatic heterocycles. The highest BCUT2D eigenvalue weighted by molar-refractivity contribution is 7.92. The Hall–Kier alpha value is -0.130. The van der Waals surface area contributed by atoms with Gasteiger partial charge in [-0.2, -0.15) is 0 Å². The van der Waals surface area contributed by atoms with Gasteiger partial charge in [0.25, 0.3) is 0 Å². The van der Waals surface area contributed by atoms with Gasteiger partial charge >= 0.3 is 0 Å². The third-order valence-electron chi connectivity index (χ3n) is 2.83. The van der Waals surface area contributed by atoms with Gasteiger partial charge in [0, 0.05) is 0 Å². The molecule has 0 radical (unpaired) electrons. The minimum Gasteiger partial charge on any atom is -0.391 e. The van der Waals surface area contributed by atoms with E-state index in [4.69, 9.17) is 10.8 Å². The Labute approximate surface area is 85.4 Å². The van der Waals surface area contributed by atoms with E-state index in [9.17, 15) is 8.42 Å². The van der Waals surface area contributed by atoms with Gasteiger partial charge in [0.15, 0.2) is 9.84 Å². The van der Waals surface area contributed by atoms with Crippen molar-refractivity contribution in [1.29, 1.82) is 0 Å². The lowest BCUT2D eigenvalue weighted by atomic mass is 10.1. The van der Waals surface area contributed by atoms with Crippen LogP contribution in [0.15, 0.2) is 0 Å². The van der Waals surface area contributed by atoms with Crippen molar-refractivity contribution in [1.82, 2.24) is 0 Å². The molecule has 1 aliphatic rings. The minimum absolute atomic E-state index is 0.138. The van der Waals surface area contributed by atoms with Gasteiger partial charge in [0.05, 0.1) is 11.9 Å². The fraction of sp³-hybridized carbons (Fsp3) is 1.00. The van der Waals surface area contributed by atoms with E-state index in [1.54, 1.807) is 0 Å². The van der Waals surface area contributed by atoms with Gasteiger partial charge in [-0.15, -0.1) is 0 Å². The monoisotopic (exact) mass is 221 g/mol. The van der Waals surface area contributed by atoms with Crippen LogP contribution in [0.25, 0.3) is 0 Å². The number of aliphatic hydroxyl groups excluding tert-OH is 1. The molecule has 1 saturated carbocycles. The molecule has 2 unspecified atom stereocenters. The van der Waals surface area contributed by atoms with Crippen LogP contribution >= 0.6 is 0 Å². The Kier molecular flexibility index (Phi) is 3.92. The van der Waals surface area contributed by atoms with E-state index in [2.05, 4.69) is 0 Å². The molecule has 0 aromatic heterocycles. The molecule has 5 heteroatoms. The van der Waals surface area contributed by atoms with E-state index in [1.165, 1.54) is 6.92 Å². The van der Waals surface area contributed by atoms with Crippen LogP contribution in [-0.4, -0.2) is 30.8 Å². The summed E-state index contributed by atoms with van der Waals surface area (Å²) in [6.45, 7) is 1.41. The Balaban J connectivity index is 2.56. The molecule has 0 aromatic rings. The standard InChI is InChI=1S/C9H19NO3S/c1-7(11)9(10)14(12,13)6-8-4-2-3-5-8/h7-9,11H,2-6,10H2,1H3. The van der Waals surface area contributed by atoms with Gasteiger partial charge in [-0.25, -0.2) is 8.42 Å². The first kappa shape index (κ1) is 11.9. The summed E-state index contributed by atoms with van der Waals surface area (Å²) in [7, 11) is -3.32. The number of rotatable bonds is 4. The maximum atomic E-state index is 11.6. The maximum absolute atomic E-state index is 11.6. The molecule has 0 heterocycles. The zero-order chi connectivity index (χ0) is 10.8. The summed E-state index contributed by atoms with van der Waals surface area (Å²) in [5.74, 6) is 0.392. The largest absolute Gasteiger partial charge is 0.391 e. The number of nitrogens with two attached hydrogens (primary N) is 1. The summed E-state index contributed by atoms with van der Waals surface area (Å²) in [4.78, 5) is 0. The molecule has 0 aromatic carbocycles. The van der Waals surface area contributed by atoms with E-state index in [0.717, 1.165) is 25.7 Å². The van der Waals surface area contributed by atoms with Gasteiger partial charge in [0.2, 0.25) is 0 Å². The van der Waals surface area contributed by atoms with Crippen molar-refractivity contribution in [3.8, 4) is 0 Å². The van der Waals surface area contributed by atoms with Crippen LogP contribution in [0.2, 0.25) is 0 Å². The SMILES string of the molecule is CC(O)C(N)S(=O)(=O)CC1CCCC1. The number of aliphatic hydroxyl groups is 1. The van der Waals surface area contributed by atoms with Crippen LogP contribution in [0.3, 0.4) is 0 Å². The smallest absolute Gasteiger partial charge is 0.168 e. The van der Waals surface area contributed by atoms with E-state index in [-0.39, 0.29) is 11.7 Å². The molecule has 2 atom stereocenters. The summed E-state index contributed by atoms with van der Waals surface area (Å²) in [6, 6.07) is 0. The number of hydrogen-bond donors (Lipinski definition) is 2. The number of hydrogen-bond acceptors (Lipinski definition) is 4. The highest BCUT2D eigenvalue weighted by Crippen LogP contribution is 2.26. The summed E-state index contributed by atoms with van der Waals surface area (Å²) >= 11 is 0. The van der Waals surface area contributed by atoms with E-state index < -0.39 is 21.3 Å². The van der Waals surface area contributed by atoms with Gasteiger partial charge < -0.3 is 10.8 Å². The summed E-state index contributed by atoms with van der Waals surface area (Å²) in [6.07, 6.45) is 3.20. The molecule has 0 spiro atoms. The third kappa shape index (κ3) is 2.93. The predicted molar refractivity (Wildman–Crippen MR) is 55.4 cm³/mol. The number of sulfone groups is 1. The van der Waals surface area contributed by atoms with Crippen LogP contribution < -0.4 is 5.73 Å². The molecule has 4 nitrogen and oxygen atoms in total. The lowest BCUT2D eigenvalue weighted by Crippen LogP contribution is -2.42. The van der Waals surface area contributed by atoms with Crippen molar-refractivity contribution in [2.45, 2.75) is 44.1 Å². The van der Waals surface area contributed by atoms with Crippen LogP contribution in [0.1, 0.15) is 32.6 Å². The average molecular weight is 221 g/mol. The van der Waals surface area contributed by atoms with Gasteiger partial charge in [0.1, 0.15) is 5.37 Å². The summed E-state index contributed by atoms with van der Waals surface area (Å²) in [5.41, 5.74) is 5.43. The molecule has 84 valence electrons. The fourth-order valence-electron chi connectivity index (χ4n) is 1.92. The van der Waals surface area contributed by atoms with Crippen LogP contribution in [-0.2, 0) is 9.84 Å². The summed E-state index contributed by atoms with van der Waals surface area (Å²) in [5, 5.41) is 8.00. The third-order valence-corrected chi connectivity index (χ3v) is 4.99. The molecule has 0 amide bonds. The van der Waals surface area contributed by atoms with Crippen molar-refractivity contribution in [2.24, 2.45) is 11.7 Å². The van der Waals surface area contributed by atoms with E-state index in [0.29, 0.717) is 0 Å². The quantitative estimate of drug-likeness (QED) is 0.713. The first-order chi connectivity index (χ1) is 6.43. The maximum Gasteiger partial charge on any atom is 0.168 e. The Morgan fingerprint density at radius 1 is 1.43 bits per heavy atom. The predicted octanol–water partition coefficient (Wildman–Crippen LogP) is 0.257. The van der Waals surface area contributed by atoms with Crippen molar-refractivity contribution in [2.75, 3.05) is 5.75 Å². The van der Waals surface area contributed by atoms with Crippen LogP contribution in [0.5, 0.6) is 0 Å². The van der Waals surface area contributed by atoms with Crippen molar-refractivity contribution in [3.05, 3.63) is 0 Å². The lowest BCUT2D eigenvalue weighted by molar-refractivity contribution is 0.189. The second kappa shape index (κ2) is 4.59.